The maximum absolute atomic E-state index is 12.5. The number of rotatable bonds is 7. The number of carbonyl (C=O) groups excluding carboxylic acids is 1. The Morgan fingerprint density at radius 1 is 1.32 bits per heavy atom. The summed E-state index contributed by atoms with van der Waals surface area (Å²) in [6, 6.07) is 11.8. The molecule has 0 saturated carbocycles. The first-order valence-electron chi connectivity index (χ1n) is 8.59. The average molecular weight is 337 g/mol. The van der Waals surface area contributed by atoms with Crippen LogP contribution < -0.4 is 5.32 Å². The molecular formula is C20H23N3O2. The summed E-state index contributed by atoms with van der Waals surface area (Å²) in [6.45, 7) is 2.54. The van der Waals surface area contributed by atoms with Gasteiger partial charge in [-0.3, -0.25) is 9.78 Å². The minimum absolute atomic E-state index is 0.0157. The second kappa shape index (κ2) is 7.94. The number of pyridine rings is 1. The number of carbonyl (C=O) groups is 1. The number of aliphatic hydroxyl groups is 1. The average Bonchev–Trinajstić information content (AvgIpc) is 3.10. The van der Waals surface area contributed by atoms with Gasteiger partial charge >= 0.3 is 0 Å². The Morgan fingerprint density at radius 3 is 2.92 bits per heavy atom. The number of aromatic nitrogens is 2. The maximum Gasteiger partial charge on any atom is 0.267 e. The monoisotopic (exact) mass is 337 g/mol. The number of hydrogen-bond donors (Lipinski definition) is 3. The number of amides is 1. The van der Waals surface area contributed by atoms with E-state index in [1.807, 2.05) is 30.3 Å². The quantitative estimate of drug-likeness (QED) is 0.620. The van der Waals surface area contributed by atoms with E-state index in [4.69, 9.17) is 0 Å². The Bertz CT molecular complexity index is 843. The lowest BCUT2D eigenvalue weighted by Crippen LogP contribution is -2.32. The van der Waals surface area contributed by atoms with Gasteiger partial charge in [-0.25, -0.2) is 0 Å². The molecule has 1 amide bonds. The van der Waals surface area contributed by atoms with Crippen LogP contribution in [-0.2, 0) is 12.8 Å². The minimum atomic E-state index is -0.150. The molecule has 1 atom stereocenters. The second-order valence-electron chi connectivity index (χ2n) is 6.24. The van der Waals surface area contributed by atoms with Crippen molar-refractivity contribution in [2.75, 3.05) is 13.2 Å². The summed E-state index contributed by atoms with van der Waals surface area (Å²) in [5.41, 5.74) is 3.79. The summed E-state index contributed by atoms with van der Waals surface area (Å²) in [6.07, 6.45) is 5.11. The molecule has 5 nitrogen and oxygen atoms in total. The molecule has 2 heterocycles. The third-order valence-electron chi connectivity index (χ3n) is 4.44. The van der Waals surface area contributed by atoms with Crippen molar-refractivity contribution >= 4 is 16.8 Å². The smallest absolute Gasteiger partial charge is 0.267 e. The Kier molecular flexibility index (Phi) is 5.46. The lowest BCUT2D eigenvalue weighted by molar-refractivity contribution is 0.0936. The molecule has 3 rings (SSSR count). The van der Waals surface area contributed by atoms with Crippen molar-refractivity contribution in [1.82, 2.24) is 15.3 Å². The number of benzene rings is 1. The van der Waals surface area contributed by atoms with Crippen LogP contribution in [0.4, 0.5) is 0 Å². The molecule has 3 N–H and O–H groups in total. The summed E-state index contributed by atoms with van der Waals surface area (Å²) in [4.78, 5) is 19.7. The number of aliphatic hydroxyl groups excluding tert-OH is 1. The van der Waals surface area contributed by atoms with Gasteiger partial charge in [-0.05, 0) is 42.2 Å². The highest BCUT2D eigenvalue weighted by molar-refractivity contribution is 5.98. The summed E-state index contributed by atoms with van der Waals surface area (Å²) in [5.74, 6) is -0.188. The molecule has 0 aliphatic rings. The molecule has 0 aliphatic carbocycles. The van der Waals surface area contributed by atoms with Crippen molar-refractivity contribution in [3.8, 4) is 0 Å². The van der Waals surface area contributed by atoms with Crippen LogP contribution in [0.15, 0.2) is 48.8 Å². The molecule has 1 aromatic carbocycles. The maximum atomic E-state index is 12.5. The lowest BCUT2D eigenvalue weighted by atomic mass is 10.0. The fourth-order valence-electron chi connectivity index (χ4n) is 3.03. The first-order chi connectivity index (χ1) is 12.2. The summed E-state index contributed by atoms with van der Waals surface area (Å²) >= 11 is 0. The molecule has 5 heteroatoms. The number of fused-ring (bicyclic) bond motifs is 1. The van der Waals surface area contributed by atoms with Crippen LogP contribution in [0.1, 0.15) is 28.5 Å². The Morgan fingerprint density at radius 2 is 2.20 bits per heavy atom. The van der Waals surface area contributed by atoms with Crippen LogP contribution in [0.3, 0.4) is 0 Å². The predicted molar refractivity (Wildman–Crippen MR) is 98.5 cm³/mol. The molecule has 3 aromatic rings. The summed E-state index contributed by atoms with van der Waals surface area (Å²) in [7, 11) is 0. The second-order valence-corrected chi connectivity index (χ2v) is 6.24. The summed E-state index contributed by atoms with van der Waals surface area (Å²) in [5, 5.41) is 13.6. The van der Waals surface area contributed by atoms with Crippen molar-refractivity contribution in [3.05, 3.63) is 65.6 Å². The number of aromatic amines is 1. The van der Waals surface area contributed by atoms with E-state index in [0.29, 0.717) is 18.7 Å². The molecular weight excluding hydrogens is 314 g/mol. The highest BCUT2D eigenvalue weighted by atomic mass is 16.3. The van der Waals surface area contributed by atoms with Gasteiger partial charge in [-0.1, -0.05) is 25.1 Å². The normalized spacial score (nSPS) is 12.2. The van der Waals surface area contributed by atoms with Gasteiger partial charge in [0.25, 0.3) is 5.91 Å². The van der Waals surface area contributed by atoms with E-state index in [2.05, 4.69) is 28.3 Å². The number of nitrogens with zero attached hydrogens (tertiary/aromatic N) is 1. The van der Waals surface area contributed by atoms with Gasteiger partial charge in [-0.15, -0.1) is 0 Å². The molecule has 0 saturated heterocycles. The Hall–Kier alpha value is -2.66. The van der Waals surface area contributed by atoms with E-state index in [-0.39, 0.29) is 18.4 Å². The van der Waals surface area contributed by atoms with E-state index in [0.717, 1.165) is 22.9 Å². The molecule has 1 unspecified atom stereocenters. The topological polar surface area (TPSA) is 78.0 Å². The van der Waals surface area contributed by atoms with E-state index in [1.165, 1.54) is 5.56 Å². The van der Waals surface area contributed by atoms with Gasteiger partial charge in [0.15, 0.2) is 0 Å². The number of H-pyrrole nitrogens is 1. The standard InChI is InChI=1S/C20H23N3O2/c1-2-16-6-3-7-18-17(16)10-19(23-18)20(25)22-12-15(13-24)9-14-5-4-8-21-11-14/h3-8,10-11,15,23-24H,2,9,12-13H2,1H3,(H,22,25). The fraction of sp³-hybridized carbons (Fsp3) is 0.300. The molecule has 25 heavy (non-hydrogen) atoms. The van der Waals surface area contributed by atoms with Crippen LogP contribution in [0.2, 0.25) is 0 Å². The van der Waals surface area contributed by atoms with Crippen molar-refractivity contribution in [2.45, 2.75) is 19.8 Å². The van der Waals surface area contributed by atoms with Gasteiger partial charge in [-0.2, -0.15) is 0 Å². The van der Waals surface area contributed by atoms with Gasteiger partial charge in [0.1, 0.15) is 5.69 Å². The van der Waals surface area contributed by atoms with Crippen LogP contribution in [0.5, 0.6) is 0 Å². The zero-order chi connectivity index (χ0) is 17.6. The lowest BCUT2D eigenvalue weighted by Gasteiger charge is -2.14. The van der Waals surface area contributed by atoms with E-state index in [9.17, 15) is 9.90 Å². The molecule has 0 radical (unpaired) electrons. The molecule has 0 bridgehead atoms. The first kappa shape index (κ1) is 17.2. The van der Waals surface area contributed by atoms with E-state index in [1.54, 1.807) is 12.4 Å². The zero-order valence-corrected chi connectivity index (χ0v) is 14.3. The van der Waals surface area contributed by atoms with Gasteiger partial charge in [0.2, 0.25) is 0 Å². The highest BCUT2D eigenvalue weighted by Crippen LogP contribution is 2.20. The van der Waals surface area contributed by atoms with Gasteiger partial charge in [0.05, 0.1) is 0 Å². The van der Waals surface area contributed by atoms with Crippen LogP contribution in [0, 0.1) is 5.92 Å². The third-order valence-corrected chi connectivity index (χ3v) is 4.44. The van der Waals surface area contributed by atoms with Crippen LogP contribution >= 0.6 is 0 Å². The van der Waals surface area contributed by atoms with Crippen molar-refractivity contribution < 1.29 is 9.90 Å². The molecule has 0 aliphatic heterocycles. The largest absolute Gasteiger partial charge is 0.396 e. The van der Waals surface area contributed by atoms with Crippen LogP contribution in [-0.4, -0.2) is 34.1 Å². The van der Waals surface area contributed by atoms with Crippen molar-refractivity contribution in [1.29, 1.82) is 0 Å². The predicted octanol–water partition coefficient (Wildman–Crippen LogP) is 2.71. The minimum Gasteiger partial charge on any atom is -0.396 e. The van der Waals surface area contributed by atoms with E-state index < -0.39 is 0 Å². The number of hydrogen-bond acceptors (Lipinski definition) is 3. The fourth-order valence-corrected chi connectivity index (χ4v) is 3.03. The zero-order valence-electron chi connectivity index (χ0n) is 14.3. The van der Waals surface area contributed by atoms with Gasteiger partial charge in [0, 0.05) is 42.4 Å². The molecule has 130 valence electrons. The molecule has 0 fully saturated rings. The van der Waals surface area contributed by atoms with Crippen molar-refractivity contribution in [2.24, 2.45) is 5.92 Å². The Labute approximate surface area is 147 Å². The Balaban J connectivity index is 1.65. The SMILES string of the molecule is CCc1cccc2[nH]c(C(=O)NCC(CO)Cc3cccnc3)cc12. The third kappa shape index (κ3) is 4.06. The first-order valence-corrected chi connectivity index (χ1v) is 8.59. The number of nitrogens with one attached hydrogen (secondary N) is 2. The van der Waals surface area contributed by atoms with Crippen molar-refractivity contribution in [3.63, 3.8) is 0 Å². The molecule has 2 aromatic heterocycles. The van der Waals surface area contributed by atoms with E-state index >= 15 is 0 Å². The van der Waals surface area contributed by atoms with Crippen LogP contribution in [0.25, 0.3) is 10.9 Å². The highest BCUT2D eigenvalue weighted by Gasteiger charge is 2.14. The molecule has 0 spiro atoms. The number of aryl methyl sites for hydroxylation is 1. The summed E-state index contributed by atoms with van der Waals surface area (Å²) < 4.78 is 0. The van der Waals surface area contributed by atoms with Gasteiger partial charge < -0.3 is 15.4 Å².